The first kappa shape index (κ1) is 7.52. The average molecular weight is 167 g/mol. The fourth-order valence-electron chi connectivity index (χ4n) is 1.30. The molecule has 0 spiro atoms. The van der Waals surface area contributed by atoms with Crippen molar-refractivity contribution in [3.8, 4) is 5.75 Å². The first-order valence-electron chi connectivity index (χ1n) is 3.67. The van der Waals surface area contributed by atoms with E-state index in [0.29, 0.717) is 17.9 Å². The molecule has 2 heterocycles. The Morgan fingerprint density at radius 1 is 1.67 bits per heavy atom. The van der Waals surface area contributed by atoms with Crippen LogP contribution in [0.4, 0.5) is 0 Å². The highest BCUT2D eigenvalue weighted by Gasteiger charge is 2.25. The zero-order chi connectivity index (χ0) is 8.72. The van der Waals surface area contributed by atoms with Crippen molar-refractivity contribution in [3.63, 3.8) is 0 Å². The van der Waals surface area contributed by atoms with Crippen molar-refractivity contribution in [2.24, 2.45) is 0 Å². The highest BCUT2D eigenvalue weighted by Crippen LogP contribution is 2.35. The van der Waals surface area contributed by atoms with Crippen LogP contribution in [0.1, 0.15) is 23.1 Å². The lowest BCUT2D eigenvalue weighted by atomic mass is 10.1. The summed E-state index contributed by atoms with van der Waals surface area (Å²) in [6.07, 6.45) is 0.613. The first-order valence-corrected chi connectivity index (χ1v) is 3.67. The van der Waals surface area contributed by atoms with Gasteiger partial charge in [-0.1, -0.05) is 0 Å². The van der Waals surface area contributed by atoms with Crippen molar-refractivity contribution < 1.29 is 14.9 Å². The van der Waals surface area contributed by atoms with Gasteiger partial charge in [-0.05, 0) is 6.92 Å². The number of aryl methyl sites for hydroxylation is 1. The summed E-state index contributed by atoms with van der Waals surface area (Å²) in [5.74, 6) is 0.0394. The van der Waals surface area contributed by atoms with Crippen molar-refractivity contribution in [2.75, 3.05) is 0 Å². The molecule has 4 heteroatoms. The van der Waals surface area contributed by atoms with E-state index >= 15 is 0 Å². The van der Waals surface area contributed by atoms with E-state index in [9.17, 15) is 10.2 Å². The van der Waals surface area contributed by atoms with E-state index in [4.69, 9.17) is 4.74 Å². The zero-order valence-corrected chi connectivity index (χ0v) is 6.61. The number of ether oxygens (including phenoxy) is 1. The van der Waals surface area contributed by atoms with E-state index in [1.165, 1.54) is 0 Å². The van der Waals surface area contributed by atoms with E-state index in [0.717, 1.165) is 5.56 Å². The fraction of sp³-hybridized carbons (Fsp3) is 0.375. The van der Waals surface area contributed by atoms with Crippen LogP contribution in [0.15, 0.2) is 6.20 Å². The van der Waals surface area contributed by atoms with Crippen LogP contribution < -0.4 is 0 Å². The summed E-state index contributed by atoms with van der Waals surface area (Å²) < 4.78 is 4.91. The number of aromatic nitrogens is 1. The molecule has 1 aromatic heterocycles. The van der Waals surface area contributed by atoms with Crippen LogP contribution in [0, 0.1) is 6.92 Å². The number of hydrogen-bond donors (Lipinski definition) is 2. The third-order valence-corrected chi connectivity index (χ3v) is 2.00. The Hall–Kier alpha value is -1.13. The SMILES string of the molecule is Cc1ncc2c(c1O)C(O)OC2. The van der Waals surface area contributed by atoms with Gasteiger partial charge in [0, 0.05) is 11.8 Å². The third-order valence-electron chi connectivity index (χ3n) is 2.00. The molecule has 2 rings (SSSR count). The normalized spacial score (nSPS) is 21.0. The Labute approximate surface area is 69.4 Å². The van der Waals surface area contributed by atoms with Gasteiger partial charge in [0.15, 0.2) is 6.29 Å². The topological polar surface area (TPSA) is 62.6 Å². The summed E-state index contributed by atoms with van der Waals surface area (Å²) in [5, 5.41) is 18.8. The Morgan fingerprint density at radius 2 is 2.42 bits per heavy atom. The van der Waals surface area contributed by atoms with E-state index in [-0.39, 0.29) is 5.75 Å². The number of aromatic hydroxyl groups is 1. The largest absolute Gasteiger partial charge is 0.506 e. The maximum atomic E-state index is 9.49. The number of pyridine rings is 1. The molecule has 64 valence electrons. The smallest absolute Gasteiger partial charge is 0.185 e. The average Bonchev–Trinajstić information content (AvgIpc) is 2.41. The molecule has 0 saturated heterocycles. The number of nitrogens with zero attached hydrogens (tertiary/aromatic N) is 1. The lowest BCUT2D eigenvalue weighted by molar-refractivity contribution is -0.0926. The van der Waals surface area contributed by atoms with Crippen LogP contribution in [0.3, 0.4) is 0 Å². The summed E-state index contributed by atoms with van der Waals surface area (Å²) >= 11 is 0. The maximum Gasteiger partial charge on any atom is 0.185 e. The van der Waals surface area contributed by atoms with Gasteiger partial charge in [0.05, 0.1) is 17.9 Å². The zero-order valence-electron chi connectivity index (χ0n) is 6.61. The van der Waals surface area contributed by atoms with Gasteiger partial charge in [0.25, 0.3) is 0 Å². The molecule has 12 heavy (non-hydrogen) atoms. The summed E-state index contributed by atoms with van der Waals surface area (Å²) in [5.41, 5.74) is 1.73. The standard InChI is InChI=1S/C8H9NO3/c1-4-7(10)6-5(2-9-4)3-12-8(6)11/h2,8,10-11H,3H2,1H3. The predicted molar refractivity (Wildman–Crippen MR) is 40.4 cm³/mol. The van der Waals surface area contributed by atoms with Gasteiger partial charge in [-0.25, -0.2) is 0 Å². The number of rotatable bonds is 0. The van der Waals surface area contributed by atoms with Gasteiger partial charge >= 0.3 is 0 Å². The summed E-state index contributed by atoms with van der Waals surface area (Å²) in [7, 11) is 0. The maximum absolute atomic E-state index is 9.49. The monoisotopic (exact) mass is 167 g/mol. The van der Waals surface area contributed by atoms with Crippen LogP contribution in [-0.2, 0) is 11.3 Å². The summed E-state index contributed by atoms with van der Waals surface area (Å²) in [4.78, 5) is 3.94. The molecule has 0 bridgehead atoms. The Bertz CT molecular complexity index is 324. The number of fused-ring (bicyclic) bond motifs is 1. The molecule has 0 amide bonds. The molecule has 0 saturated carbocycles. The van der Waals surface area contributed by atoms with Gasteiger partial charge in [0.1, 0.15) is 5.75 Å². The molecule has 0 aliphatic carbocycles. The second-order valence-electron chi connectivity index (χ2n) is 2.79. The highest BCUT2D eigenvalue weighted by atomic mass is 16.6. The van der Waals surface area contributed by atoms with Gasteiger partial charge in [-0.15, -0.1) is 0 Å². The first-order chi connectivity index (χ1) is 5.70. The van der Waals surface area contributed by atoms with Crippen molar-refractivity contribution in [3.05, 3.63) is 23.0 Å². The van der Waals surface area contributed by atoms with Gasteiger partial charge in [-0.3, -0.25) is 4.98 Å². The second kappa shape index (κ2) is 2.43. The minimum atomic E-state index is -0.998. The number of hydrogen-bond acceptors (Lipinski definition) is 4. The highest BCUT2D eigenvalue weighted by molar-refractivity contribution is 5.42. The van der Waals surface area contributed by atoms with E-state index in [1.54, 1.807) is 13.1 Å². The molecule has 1 aliphatic heterocycles. The lowest BCUT2D eigenvalue weighted by Gasteiger charge is -2.06. The Kier molecular flexibility index (Phi) is 1.52. The molecule has 0 radical (unpaired) electrons. The van der Waals surface area contributed by atoms with Gasteiger partial charge in [0.2, 0.25) is 0 Å². The van der Waals surface area contributed by atoms with E-state index < -0.39 is 6.29 Å². The molecule has 2 N–H and O–H groups in total. The van der Waals surface area contributed by atoms with Crippen LogP contribution in [-0.4, -0.2) is 15.2 Å². The predicted octanol–water partition coefficient (Wildman–Crippen LogP) is 0.617. The summed E-state index contributed by atoms with van der Waals surface area (Å²) in [6.45, 7) is 2.00. The Balaban J connectivity index is 2.63. The van der Waals surface area contributed by atoms with Crippen LogP contribution in [0.5, 0.6) is 5.75 Å². The number of aliphatic hydroxyl groups is 1. The minimum absolute atomic E-state index is 0.0394. The molecule has 1 aliphatic rings. The van der Waals surface area contributed by atoms with E-state index in [1.807, 2.05) is 0 Å². The third kappa shape index (κ3) is 0.888. The van der Waals surface area contributed by atoms with Crippen molar-refractivity contribution >= 4 is 0 Å². The molecular weight excluding hydrogens is 158 g/mol. The molecule has 0 aromatic carbocycles. The van der Waals surface area contributed by atoms with Crippen molar-refractivity contribution in [2.45, 2.75) is 19.8 Å². The Morgan fingerprint density at radius 3 is 3.17 bits per heavy atom. The summed E-state index contributed by atoms with van der Waals surface area (Å²) in [6, 6.07) is 0. The van der Waals surface area contributed by atoms with Crippen LogP contribution in [0.2, 0.25) is 0 Å². The quantitative estimate of drug-likeness (QED) is 0.594. The van der Waals surface area contributed by atoms with Crippen molar-refractivity contribution in [1.29, 1.82) is 0 Å². The fourth-order valence-corrected chi connectivity index (χ4v) is 1.30. The van der Waals surface area contributed by atoms with Crippen molar-refractivity contribution in [1.82, 2.24) is 4.98 Å². The van der Waals surface area contributed by atoms with Crippen LogP contribution >= 0.6 is 0 Å². The molecule has 0 fully saturated rings. The molecule has 4 nitrogen and oxygen atoms in total. The van der Waals surface area contributed by atoms with Gasteiger partial charge < -0.3 is 14.9 Å². The molecule has 1 atom stereocenters. The molecular formula is C8H9NO3. The van der Waals surface area contributed by atoms with Crippen LogP contribution in [0.25, 0.3) is 0 Å². The molecule has 1 unspecified atom stereocenters. The number of aliphatic hydroxyl groups excluding tert-OH is 1. The van der Waals surface area contributed by atoms with E-state index in [2.05, 4.69) is 4.98 Å². The molecule has 1 aromatic rings. The minimum Gasteiger partial charge on any atom is -0.506 e. The van der Waals surface area contributed by atoms with Gasteiger partial charge in [-0.2, -0.15) is 0 Å². The second-order valence-corrected chi connectivity index (χ2v) is 2.79. The lowest BCUT2D eigenvalue weighted by Crippen LogP contribution is -1.95.